The molecule has 5 heteroatoms. The van der Waals surface area contributed by atoms with Crippen LogP contribution < -0.4 is 0 Å². The fraction of sp³-hybridized carbons (Fsp3) is 0.929. The van der Waals surface area contributed by atoms with Crippen molar-refractivity contribution in [3.05, 3.63) is 0 Å². The van der Waals surface area contributed by atoms with Crippen molar-refractivity contribution >= 4 is 5.91 Å². The van der Waals surface area contributed by atoms with E-state index >= 15 is 0 Å². The minimum atomic E-state index is -0.447. The van der Waals surface area contributed by atoms with Gasteiger partial charge in [0.2, 0.25) is 5.91 Å². The Morgan fingerprint density at radius 1 is 1.26 bits per heavy atom. The van der Waals surface area contributed by atoms with Crippen LogP contribution in [0.15, 0.2) is 0 Å². The van der Waals surface area contributed by atoms with Gasteiger partial charge in [-0.3, -0.25) is 9.69 Å². The number of amides is 1. The van der Waals surface area contributed by atoms with Crippen molar-refractivity contribution in [2.45, 2.75) is 50.7 Å². The summed E-state index contributed by atoms with van der Waals surface area (Å²) in [6, 6.07) is 0.496. The largest absolute Gasteiger partial charge is 0.396 e. The molecule has 0 spiro atoms. The van der Waals surface area contributed by atoms with E-state index in [2.05, 4.69) is 4.90 Å². The van der Waals surface area contributed by atoms with Crippen LogP contribution in [-0.4, -0.2) is 70.9 Å². The highest BCUT2D eigenvalue weighted by Crippen LogP contribution is 2.21. The van der Waals surface area contributed by atoms with E-state index in [0.717, 1.165) is 38.8 Å². The first kappa shape index (κ1) is 14.8. The number of aliphatic hydroxyl groups is 2. The van der Waals surface area contributed by atoms with Crippen LogP contribution in [-0.2, 0) is 4.79 Å². The van der Waals surface area contributed by atoms with Crippen molar-refractivity contribution in [3.8, 4) is 0 Å². The smallest absolute Gasteiger partial charge is 0.222 e. The average Bonchev–Trinajstić information content (AvgIpc) is 2.97. The number of rotatable bonds is 7. The van der Waals surface area contributed by atoms with Gasteiger partial charge >= 0.3 is 0 Å². The van der Waals surface area contributed by atoms with Crippen LogP contribution >= 0.6 is 0 Å². The van der Waals surface area contributed by atoms with Crippen LogP contribution in [0.1, 0.15) is 38.5 Å². The molecule has 110 valence electrons. The van der Waals surface area contributed by atoms with Crippen LogP contribution in [0.3, 0.4) is 0 Å². The van der Waals surface area contributed by atoms with Crippen LogP contribution in [0.4, 0.5) is 0 Å². The van der Waals surface area contributed by atoms with Gasteiger partial charge in [-0.1, -0.05) is 0 Å². The molecule has 2 N–H and O–H groups in total. The van der Waals surface area contributed by atoms with Crippen molar-refractivity contribution in [1.82, 2.24) is 9.80 Å². The number of likely N-dealkylation sites (tertiary alicyclic amines) is 2. The summed E-state index contributed by atoms with van der Waals surface area (Å²) in [6.45, 7) is 3.20. The molecule has 2 heterocycles. The van der Waals surface area contributed by atoms with E-state index in [4.69, 9.17) is 5.11 Å². The van der Waals surface area contributed by atoms with E-state index in [0.29, 0.717) is 25.6 Å². The Balaban J connectivity index is 1.74. The molecule has 0 aromatic heterocycles. The number of hydrogen-bond acceptors (Lipinski definition) is 4. The molecule has 0 aliphatic carbocycles. The fourth-order valence-corrected chi connectivity index (χ4v) is 3.27. The Morgan fingerprint density at radius 3 is 2.79 bits per heavy atom. The summed E-state index contributed by atoms with van der Waals surface area (Å²) >= 11 is 0. The molecular formula is C14H26N2O3. The van der Waals surface area contributed by atoms with Gasteiger partial charge in [0.25, 0.3) is 0 Å². The Morgan fingerprint density at radius 2 is 2.11 bits per heavy atom. The minimum Gasteiger partial charge on any atom is -0.396 e. The van der Waals surface area contributed by atoms with Crippen LogP contribution in [0, 0.1) is 0 Å². The molecule has 2 saturated heterocycles. The number of carbonyl (C=O) groups excluding carboxylic acids is 1. The molecule has 2 aliphatic heterocycles. The molecule has 0 radical (unpaired) electrons. The van der Waals surface area contributed by atoms with E-state index in [1.165, 1.54) is 6.42 Å². The summed E-state index contributed by atoms with van der Waals surface area (Å²) in [5.41, 5.74) is 0. The summed E-state index contributed by atoms with van der Waals surface area (Å²) < 4.78 is 0. The Labute approximate surface area is 115 Å². The molecule has 0 bridgehead atoms. The van der Waals surface area contributed by atoms with E-state index in [1.807, 2.05) is 0 Å². The van der Waals surface area contributed by atoms with Gasteiger partial charge in [-0.25, -0.2) is 0 Å². The lowest BCUT2D eigenvalue weighted by molar-refractivity contribution is -0.129. The van der Waals surface area contributed by atoms with Gasteiger partial charge in [-0.15, -0.1) is 0 Å². The number of hydrogen-bond donors (Lipinski definition) is 2. The third kappa shape index (κ3) is 4.16. The highest BCUT2D eigenvalue weighted by molar-refractivity contribution is 5.78. The quantitative estimate of drug-likeness (QED) is 0.694. The zero-order valence-corrected chi connectivity index (χ0v) is 11.6. The van der Waals surface area contributed by atoms with Gasteiger partial charge in [0.05, 0.1) is 6.10 Å². The second-order valence-electron chi connectivity index (χ2n) is 5.75. The van der Waals surface area contributed by atoms with Crippen LogP contribution in [0.5, 0.6) is 0 Å². The SMILES string of the molecule is O=C1CCCN1CC(O)CN1CCCC1CCCO. The molecule has 2 aliphatic rings. The fourth-order valence-electron chi connectivity index (χ4n) is 3.27. The first-order valence-electron chi connectivity index (χ1n) is 7.51. The normalized spacial score (nSPS) is 26.3. The van der Waals surface area contributed by atoms with Crippen LogP contribution in [0.25, 0.3) is 0 Å². The van der Waals surface area contributed by atoms with Crippen molar-refractivity contribution in [2.24, 2.45) is 0 Å². The first-order chi connectivity index (χ1) is 9.20. The Bertz CT molecular complexity index is 298. The third-order valence-electron chi connectivity index (χ3n) is 4.24. The number of aliphatic hydroxyl groups excluding tert-OH is 2. The molecule has 0 aromatic rings. The third-order valence-corrected chi connectivity index (χ3v) is 4.24. The minimum absolute atomic E-state index is 0.178. The molecule has 2 atom stereocenters. The van der Waals surface area contributed by atoms with Crippen molar-refractivity contribution < 1.29 is 15.0 Å². The van der Waals surface area contributed by atoms with Gasteiger partial charge in [0.15, 0.2) is 0 Å². The molecule has 1 amide bonds. The lowest BCUT2D eigenvalue weighted by atomic mass is 10.1. The zero-order chi connectivity index (χ0) is 13.7. The molecule has 2 unspecified atom stereocenters. The standard InChI is InChI=1S/C14H26N2O3/c17-9-3-5-12-4-1-7-15(12)10-13(18)11-16-8-2-6-14(16)19/h12-13,17-18H,1-11H2. The molecule has 2 fully saturated rings. The summed E-state index contributed by atoms with van der Waals surface area (Å²) in [6.07, 6.45) is 5.29. The molecule has 5 nitrogen and oxygen atoms in total. The van der Waals surface area contributed by atoms with Crippen molar-refractivity contribution in [3.63, 3.8) is 0 Å². The highest BCUT2D eigenvalue weighted by atomic mass is 16.3. The highest BCUT2D eigenvalue weighted by Gasteiger charge is 2.28. The maximum absolute atomic E-state index is 11.5. The van der Waals surface area contributed by atoms with Gasteiger partial charge in [0.1, 0.15) is 0 Å². The molecule has 2 rings (SSSR count). The predicted octanol–water partition coefficient (Wildman–Crippen LogP) is 0.207. The molecule has 0 aromatic carbocycles. The van der Waals surface area contributed by atoms with Gasteiger partial charge in [-0.05, 0) is 38.6 Å². The number of nitrogens with zero attached hydrogens (tertiary/aromatic N) is 2. The van der Waals surface area contributed by atoms with E-state index < -0.39 is 6.10 Å². The first-order valence-corrected chi connectivity index (χ1v) is 7.51. The number of β-amino-alcohol motifs (C(OH)–C–C–N with tert-alkyl or cyclic N) is 1. The van der Waals surface area contributed by atoms with Gasteiger partial charge < -0.3 is 15.1 Å². The summed E-state index contributed by atoms with van der Waals surface area (Å²) in [7, 11) is 0. The van der Waals surface area contributed by atoms with Crippen LogP contribution in [0.2, 0.25) is 0 Å². The topological polar surface area (TPSA) is 64.0 Å². The summed E-state index contributed by atoms with van der Waals surface area (Å²) in [4.78, 5) is 15.6. The lowest BCUT2D eigenvalue weighted by Crippen LogP contribution is -2.42. The zero-order valence-electron chi connectivity index (χ0n) is 11.6. The van der Waals surface area contributed by atoms with Gasteiger partial charge in [-0.2, -0.15) is 0 Å². The molecule has 0 saturated carbocycles. The van der Waals surface area contributed by atoms with E-state index in [-0.39, 0.29) is 12.5 Å². The van der Waals surface area contributed by atoms with E-state index in [9.17, 15) is 9.90 Å². The van der Waals surface area contributed by atoms with Gasteiger partial charge in [0, 0.05) is 38.7 Å². The van der Waals surface area contributed by atoms with Crippen molar-refractivity contribution in [1.29, 1.82) is 0 Å². The summed E-state index contributed by atoms with van der Waals surface area (Å²) in [5.74, 6) is 0.178. The molecule has 19 heavy (non-hydrogen) atoms. The predicted molar refractivity (Wildman–Crippen MR) is 72.7 cm³/mol. The number of carbonyl (C=O) groups is 1. The Kier molecular flexibility index (Phi) is 5.60. The summed E-state index contributed by atoms with van der Waals surface area (Å²) in [5, 5.41) is 19.0. The van der Waals surface area contributed by atoms with Crippen molar-refractivity contribution in [2.75, 3.05) is 32.8 Å². The monoisotopic (exact) mass is 270 g/mol. The molecular weight excluding hydrogens is 244 g/mol. The second kappa shape index (κ2) is 7.22. The average molecular weight is 270 g/mol. The van der Waals surface area contributed by atoms with E-state index in [1.54, 1.807) is 4.90 Å². The second-order valence-corrected chi connectivity index (χ2v) is 5.75. The lowest BCUT2D eigenvalue weighted by Gasteiger charge is -2.28. The Hall–Kier alpha value is -0.650. The maximum Gasteiger partial charge on any atom is 0.222 e. The maximum atomic E-state index is 11.5.